The van der Waals surface area contributed by atoms with E-state index in [0.717, 1.165) is 38.9 Å². The van der Waals surface area contributed by atoms with E-state index >= 15 is 0 Å². The number of aromatic nitrogens is 5. The fourth-order valence-electron chi connectivity index (χ4n) is 6.58. The van der Waals surface area contributed by atoms with Crippen molar-refractivity contribution in [2.24, 2.45) is 0 Å². The topological polar surface area (TPSA) is 139 Å². The summed E-state index contributed by atoms with van der Waals surface area (Å²) in [5, 5.41) is 12.2. The molecule has 252 valence electrons. The summed E-state index contributed by atoms with van der Waals surface area (Å²) in [4.78, 5) is 22.3. The molecule has 0 bridgehead atoms. The van der Waals surface area contributed by atoms with Crippen molar-refractivity contribution in [2.75, 3.05) is 6.54 Å². The SMILES string of the molecule is CC[C@@H]1CN(Cc2cc([C@@H](c3ccc4c(nnn4CC)c3C)C(C)(C)NC(=O)c3cccnc3)ccc2C)S(O)(O)c2cccnc2O1. The largest absolute Gasteiger partial charge is 0.472 e. The third-order valence-corrected chi connectivity index (χ3v) is 11.2. The molecule has 0 saturated carbocycles. The fraction of sp³-hybridized carbons (Fsp3) is 0.361. The van der Waals surface area contributed by atoms with Crippen LogP contribution in [0.5, 0.6) is 5.88 Å². The minimum atomic E-state index is -3.40. The number of aryl methyl sites for hydroxylation is 3. The Labute approximate surface area is 282 Å². The van der Waals surface area contributed by atoms with Gasteiger partial charge in [-0.05, 0) is 99.2 Å². The van der Waals surface area contributed by atoms with Gasteiger partial charge in [-0.15, -0.1) is 15.9 Å². The van der Waals surface area contributed by atoms with E-state index in [1.54, 1.807) is 47.2 Å². The van der Waals surface area contributed by atoms with Gasteiger partial charge in [-0.3, -0.25) is 18.9 Å². The van der Waals surface area contributed by atoms with Gasteiger partial charge in [0.1, 0.15) is 16.5 Å². The molecular weight excluding hydrogens is 627 g/mol. The van der Waals surface area contributed by atoms with Crippen molar-refractivity contribution in [3.8, 4) is 5.88 Å². The Morgan fingerprint density at radius 1 is 1.10 bits per heavy atom. The minimum absolute atomic E-state index is 0.225. The van der Waals surface area contributed by atoms with Crippen LogP contribution in [0.2, 0.25) is 0 Å². The van der Waals surface area contributed by atoms with Gasteiger partial charge in [0, 0.05) is 43.1 Å². The molecule has 1 aliphatic heterocycles. The van der Waals surface area contributed by atoms with Crippen LogP contribution in [-0.4, -0.2) is 62.5 Å². The summed E-state index contributed by atoms with van der Waals surface area (Å²) >= 11 is 0. The maximum absolute atomic E-state index is 13.6. The molecule has 2 atom stereocenters. The molecule has 48 heavy (non-hydrogen) atoms. The molecule has 0 fully saturated rings. The van der Waals surface area contributed by atoms with Gasteiger partial charge in [0.15, 0.2) is 0 Å². The summed E-state index contributed by atoms with van der Waals surface area (Å²) in [6.45, 7) is 13.5. The predicted molar refractivity (Wildman–Crippen MR) is 187 cm³/mol. The van der Waals surface area contributed by atoms with Crippen LogP contribution in [0.1, 0.15) is 78.2 Å². The van der Waals surface area contributed by atoms with Gasteiger partial charge in [0.25, 0.3) is 5.91 Å². The Morgan fingerprint density at radius 2 is 1.90 bits per heavy atom. The highest BCUT2D eigenvalue weighted by Gasteiger charge is 2.38. The van der Waals surface area contributed by atoms with Crippen LogP contribution in [0.4, 0.5) is 0 Å². The normalized spacial score (nSPS) is 17.6. The first-order valence-electron chi connectivity index (χ1n) is 16.2. The molecule has 11 nitrogen and oxygen atoms in total. The van der Waals surface area contributed by atoms with Gasteiger partial charge >= 0.3 is 0 Å². The van der Waals surface area contributed by atoms with Crippen LogP contribution >= 0.6 is 10.8 Å². The lowest BCUT2D eigenvalue weighted by molar-refractivity contribution is 0.0905. The molecule has 3 N–H and O–H groups in total. The molecule has 5 aromatic rings. The number of carbonyl (C=O) groups excluding carboxylic acids is 1. The second-order valence-electron chi connectivity index (χ2n) is 12.9. The lowest BCUT2D eigenvalue weighted by Gasteiger charge is -2.42. The van der Waals surface area contributed by atoms with Crippen molar-refractivity contribution in [2.45, 2.75) is 83.5 Å². The van der Waals surface area contributed by atoms with Gasteiger partial charge in [-0.25, -0.2) is 9.67 Å². The summed E-state index contributed by atoms with van der Waals surface area (Å²) < 4.78 is 33.0. The number of ether oxygens (including phenoxy) is 1. The molecule has 0 saturated heterocycles. The first-order chi connectivity index (χ1) is 22.9. The molecule has 0 spiro atoms. The van der Waals surface area contributed by atoms with Gasteiger partial charge in [-0.2, -0.15) is 4.31 Å². The summed E-state index contributed by atoms with van der Waals surface area (Å²) in [6.07, 6.45) is 5.21. The average Bonchev–Trinajstić information content (AvgIpc) is 3.46. The first kappa shape index (κ1) is 33.5. The van der Waals surface area contributed by atoms with Gasteiger partial charge in [0.05, 0.1) is 17.6 Å². The van der Waals surface area contributed by atoms with E-state index in [9.17, 15) is 13.9 Å². The molecule has 1 amide bonds. The van der Waals surface area contributed by atoms with Gasteiger partial charge in [0.2, 0.25) is 5.88 Å². The minimum Gasteiger partial charge on any atom is -0.472 e. The first-order valence-corrected chi connectivity index (χ1v) is 17.7. The zero-order valence-corrected chi connectivity index (χ0v) is 29.0. The standard InChI is InChI=1S/C36H43N7O4S/c1-7-28-22-42(48(45,46)31-12-10-18-38-35(31)47-28)21-27-19-25(14-13-23(27)3)32(36(5,6)39-34(44)26-11-9-17-37-20-26)29-15-16-30-33(24(29)4)40-41-43(30)8-2/h9-20,28,32,45-46H,7-8,21-22H2,1-6H3,(H,39,44)/t28-,32+/m1/s1. The molecule has 1 aliphatic rings. The Bertz CT molecular complexity index is 1950. The van der Waals surface area contributed by atoms with E-state index < -0.39 is 16.3 Å². The van der Waals surface area contributed by atoms with Crippen molar-refractivity contribution < 1.29 is 18.6 Å². The van der Waals surface area contributed by atoms with Crippen LogP contribution in [0, 0.1) is 13.8 Å². The second-order valence-corrected chi connectivity index (χ2v) is 14.9. The number of fused-ring (bicyclic) bond motifs is 2. The molecule has 6 rings (SSSR count). The monoisotopic (exact) mass is 669 g/mol. The predicted octanol–water partition coefficient (Wildman–Crippen LogP) is 6.90. The van der Waals surface area contributed by atoms with E-state index in [2.05, 4.69) is 56.8 Å². The number of carbonyl (C=O) groups is 1. The van der Waals surface area contributed by atoms with E-state index in [1.807, 2.05) is 45.4 Å². The van der Waals surface area contributed by atoms with Crippen LogP contribution in [0.15, 0.2) is 78.1 Å². The number of hydrogen-bond acceptors (Lipinski definition) is 9. The van der Waals surface area contributed by atoms with Gasteiger partial charge < -0.3 is 10.1 Å². The zero-order chi connectivity index (χ0) is 34.2. The number of hydrogen-bond donors (Lipinski definition) is 3. The number of amides is 1. The molecule has 0 radical (unpaired) electrons. The van der Waals surface area contributed by atoms with E-state index in [1.165, 1.54) is 0 Å². The Balaban J connectivity index is 1.44. The second kappa shape index (κ2) is 13.3. The van der Waals surface area contributed by atoms with Crippen LogP contribution in [-0.2, 0) is 13.1 Å². The van der Waals surface area contributed by atoms with Crippen LogP contribution in [0.25, 0.3) is 11.0 Å². The quantitative estimate of drug-likeness (QED) is 0.153. The highest BCUT2D eigenvalue weighted by atomic mass is 32.3. The van der Waals surface area contributed by atoms with E-state index in [-0.39, 0.29) is 35.2 Å². The van der Waals surface area contributed by atoms with Crippen molar-refractivity contribution in [1.29, 1.82) is 0 Å². The third kappa shape index (κ3) is 6.28. The molecule has 3 aromatic heterocycles. The third-order valence-electron chi connectivity index (χ3n) is 9.26. The zero-order valence-electron chi connectivity index (χ0n) is 28.2. The maximum atomic E-state index is 13.6. The maximum Gasteiger partial charge on any atom is 0.253 e. The Morgan fingerprint density at radius 3 is 2.62 bits per heavy atom. The van der Waals surface area contributed by atoms with Crippen molar-refractivity contribution in [3.05, 3.63) is 107 Å². The summed E-state index contributed by atoms with van der Waals surface area (Å²) in [7, 11) is -3.40. The number of pyridine rings is 2. The fourth-order valence-corrected chi connectivity index (χ4v) is 8.15. The number of benzene rings is 2. The van der Waals surface area contributed by atoms with Crippen molar-refractivity contribution in [3.63, 3.8) is 0 Å². The van der Waals surface area contributed by atoms with Crippen LogP contribution in [0.3, 0.4) is 0 Å². The number of rotatable bonds is 9. The van der Waals surface area contributed by atoms with E-state index in [4.69, 9.17) is 4.74 Å². The van der Waals surface area contributed by atoms with Crippen molar-refractivity contribution >= 4 is 27.7 Å². The molecule has 2 aromatic carbocycles. The molecule has 0 aliphatic carbocycles. The van der Waals surface area contributed by atoms with Crippen LogP contribution < -0.4 is 10.1 Å². The lowest BCUT2D eigenvalue weighted by Crippen LogP contribution is -2.48. The molecule has 4 heterocycles. The molecule has 0 unspecified atom stereocenters. The molecular formula is C36H43N7O4S. The van der Waals surface area contributed by atoms with E-state index in [0.29, 0.717) is 25.1 Å². The smallest absolute Gasteiger partial charge is 0.253 e. The number of nitrogens with zero attached hydrogens (tertiary/aromatic N) is 6. The van der Waals surface area contributed by atoms with Gasteiger partial charge in [-0.1, -0.05) is 36.4 Å². The number of nitrogens with one attached hydrogen (secondary N) is 1. The Hall–Kier alpha value is -4.36. The highest BCUT2D eigenvalue weighted by molar-refractivity contribution is 8.22. The molecule has 12 heteroatoms. The lowest BCUT2D eigenvalue weighted by atomic mass is 9.74. The summed E-state index contributed by atoms with van der Waals surface area (Å²) in [6, 6.07) is 17.3. The average molecular weight is 670 g/mol. The highest BCUT2D eigenvalue weighted by Crippen LogP contribution is 2.57. The summed E-state index contributed by atoms with van der Waals surface area (Å²) in [5.41, 5.74) is 6.36. The summed E-state index contributed by atoms with van der Waals surface area (Å²) in [5.74, 6) is -0.276. The Kier molecular flexibility index (Phi) is 9.27. The van der Waals surface area contributed by atoms with Crippen molar-refractivity contribution in [1.82, 2.24) is 34.6 Å².